The molecule has 0 amide bonds. The highest BCUT2D eigenvalue weighted by Crippen LogP contribution is 2.25. The van der Waals surface area contributed by atoms with E-state index in [1.54, 1.807) is 61.5 Å². The second-order valence-corrected chi connectivity index (χ2v) is 8.57. The van der Waals surface area contributed by atoms with Crippen LogP contribution in [0, 0.1) is 0 Å². The average Bonchev–Trinajstić information content (AvgIpc) is 2.92. The molecule has 1 heterocycles. The highest BCUT2D eigenvalue weighted by molar-refractivity contribution is 6.30. The molecule has 1 N–H and O–H groups in total. The van der Waals surface area contributed by atoms with Gasteiger partial charge in [-0.3, -0.25) is 9.55 Å². The Morgan fingerprint density at radius 1 is 1.00 bits per heavy atom. The molecule has 0 fully saturated rings. The second kappa shape index (κ2) is 12.1. The lowest BCUT2D eigenvalue weighted by Crippen LogP contribution is -2.49. The zero-order valence-corrected chi connectivity index (χ0v) is 21.5. The van der Waals surface area contributed by atoms with Gasteiger partial charge in [0.1, 0.15) is 11.5 Å². The van der Waals surface area contributed by atoms with E-state index in [4.69, 9.17) is 16.3 Å². The smallest absolute Gasteiger partial charge is 0.335 e. The van der Waals surface area contributed by atoms with Crippen LogP contribution in [0.2, 0.25) is 5.02 Å². The van der Waals surface area contributed by atoms with Gasteiger partial charge in [-0.25, -0.2) is 23.9 Å². The number of halogens is 1. The van der Waals surface area contributed by atoms with Crippen molar-refractivity contribution in [1.82, 2.24) is 14.1 Å². The minimum atomic E-state index is -0.537. The van der Waals surface area contributed by atoms with Crippen molar-refractivity contribution in [2.45, 2.75) is 20.0 Å². The van der Waals surface area contributed by atoms with E-state index >= 15 is 0 Å². The van der Waals surface area contributed by atoms with Crippen molar-refractivity contribution in [2.75, 3.05) is 7.11 Å². The van der Waals surface area contributed by atoms with Crippen molar-refractivity contribution < 1.29 is 14.3 Å². The van der Waals surface area contributed by atoms with Gasteiger partial charge >= 0.3 is 17.3 Å². The number of aromatic nitrogens is 3. The van der Waals surface area contributed by atoms with Crippen LogP contribution in [-0.2, 0) is 22.6 Å². The van der Waals surface area contributed by atoms with E-state index in [2.05, 4.69) is 14.7 Å². The lowest BCUT2D eigenvalue weighted by molar-refractivity contribution is -0.134. The van der Waals surface area contributed by atoms with Crippen molar-refractivity contribution in [1.29, 1.82) is 0 Å². The molecule has 194 valence electrons. The van der Waals surface area contributed by atoms with Gasteiger partial charge in [0.05, 0.1) is 19.3 Å². The predicted molar refractivity (Wildman–Crippen MR) is 145 cm³/mol. The molecule has 0 unspecified atom stereocenters. The van der Waals surface area contributed by atoms with E-state index in [0.717, 1.165) is 15.7 Å². The minimum absolute atomic E-state index is 0.124. The van der Waals surface area contributed by atoms with Crippen molar-refractivity contribution in [3.8, 4) is 11.5 Å². The van der Waals surface area contributed by atoms with Gasteiger partial charge in [0.15, 0.2) is 0 Å². The summed E-state index contributed by atoms with van der Waals surface area (Å²) in [5.41, 5.74) is 1.24. The molecule has 1 aromatic heterocycles. The summed E-state index contributed by atoms with van der Waals surface area (Å²) in [7, 11) is 1.32. The molecule has 0 radical (unpaired) electrons. The summed E-state index contributed by atoms with van der Waals surface area (Å²) in [6.45, 7) is 2.15. The van der Waals surface area contributed by atoms with Crippen molar-refractivity contribution in [3.63, 3.8) is 0 Å². The first-order valence-corrected chi connectivity index (χ1v) is 12.1. The number of carbonyl (C=O) groups is 1. The summed E-state index contributed by atoms with van der Waals surface area (Å²) in [5, 5.41) is 0.586. The molecule has 0 aliphatic rings. The van der Waals surface area contributed by atoms with Crippen molar-refractivity contribution in [3.05, 3.63) is 122 Å². The molecule has 4 aromatic rings. The molecule has 0 aliphatic heterocycles. The number of nitrogens with zero attached hydrogens (tertiary/aromatic N) is 3. The van der Waals surface area contributed by atoms with Gasteiger partial charge in [-0.15, -0.1) is 0 Å². The van der Waals surface area contributed by atoms with Crippen LogP contribution in [0.3, 0.4) is 0 Å². The maximum absolute atomic E-state index is 13.1. The molecule has 38 heavy (non-hydrogen) atoms. The van der Waals surface area contributed by atoms with Crippen LogP contribution < -0.4 is 21.7 Å². The number of H-pyrrole nitrogens is 1. The number of benzene rings is 3. The third-order valence-corrected chi connectivity index (χ3v) is 5.78. The summed E-state index contributed by atoms with van der Waals surface area (Å²) in [6.07, 6.45) is 2.96. The van der Waals surface area contributed by atoms with Crippen molar-refractivity contribution >= 4 is 29.3 Å². The van der Waals surface area contributed by atoms with Crippen LogP contribution in [0.5, 0.6) is 11.5 Å². The number of rotatable bonds is 8. The Labute approximate surface area is 222 Å². The first-order chi connectivity index (χ1) is 18.4. The van der Waals surface area contributed by atoms with Crippen LogP contribution >= 0.6 is 11.6 Å². The number of ether oxygens (including phenoxy) is 2. The standard InChI is InChI=1S/C28H25ClN4O5/c1-3-32-27(35)31-26(33(28(32)36)18-20-7-10-21(29)11-8-20)30-22-12-14-23(15-13-22)38-24-6-4-5-19(17-24)9-16-25(34)37-2/h4-17H,3,18H2,1-2H3,(H,30,31,35)/b16-9+. The lowest BCUT2D eigenvalue weighted by Gasteiger charge is -2.10. The van der Waals surface area contributed by atoms with Gasteiger partial charge in [-0.1, -0.05) is 35.9 Å². The van der Waals surface area contributed by atoms with Gasteiger partial charge in [0.25, 0.3) is 0 Å². The first kappa shape index (κ1) is 26.4. The highest BCUT2D eigenvalue weighted by atomic mass is 35.5. The van der Waals surface area contributed by atoms with Crippen LogP contribution in [0.15, 0.2) is 93.5 Å². The topological polar surface area (TPSA) is 108 Å². The summed E-state index contributed by atoms with van der Waals surface area (Å²) in [6, 6.07) is 21.2. The monoisotopic (exact) mass is 532 g/mol. The molecular formula is C28H25ClN4O5. The van der Waals surface area contributed by atoms with E-state index in [9.17, 15) is 14.4 Å². The van der Waals surface area contributed by atoms with E-state index in [-0.39, 0.29) is 18.7 Å². The van der Waals surface area contributed by atoms with Gasteiger partial charge < -0.3 is 9.47 Å². The van der Waals surface area contributed by atoms with E-state index in [0.29, 0.717) is 22.2 Å². The number of aromatic amines is 1. The van der Waals surface area contributed by atoms with Gasteiger partial charge in [0.2, 0.25) is 5.62 Å². The quantitative estimate of drug-likeness (QED) is 0.269. The fourth-order valence-electron chi connectivity index (χ4n) is 3.60. The Morgan fingerprint density at radius 3 is 2.42 bits per heavy atom. The largest absolute Gasteiger partial charge is 0.466 e. The molecule has 3 aromatic carbocycles. The molecule has 0 saturated carbocycles. The van der Waals surface area contributed by atoms with Gasteiger partial charge in [-0.2, -0.15) is 0 Å². The number of carbonyl (C=O) groups excluding carboxylic acids is 1. The Bertz CT molecular complexity index is 1650. The number of nitrogens with one attached hydrogen (secondary N) is 1. The minimum Gasteiger partial charge on any atom is -0.466 e. The van der Waals surface area contributed by atoms with Crippen molar-refractivity contribution in [2.24, 2.45) is 4.99 Å². The first-order valence-electron chi connectivity index (χ1n) is 11.7. The van der Waals surface area contributed by atoms with E-state index in [1.165, 1.54) is 17.8 Å². The van der Waals surface area contributed by atoms with E-state index in [1.807, 2.05) is 24.3 Å². The summed E-state index contributed by atoms with van der Waals surface area (Å²) < 4.78 is 13.0. The molecule has 0 atom stereocenters. The molecule has 9 nitrogen and oxygen atoms in total. The third kappa shape index (κ3) is 6.57. The summed E-state index contributed by atoms with van der Waals surface area (Å²) in [5.74, 6) is 0.690. The second-order valence-electron chi connectivity index (χ2n) is 8.13. The van der Waals surface area contributed by atoms with Gasteiger partial charge in [0, 0.05) is 17.6 Å². The molecule has 0 saturated heterocycles. The number of methoxy groups -OCH3 is 1. The molecule has 0 spiro atoms. The van der Waals surface area contributed by atoms with Crippen LogP contribution in [-0.4, -0.2) is 27.2 Å². The summed E-state index contributed by atoms with van der Waals surface area (Å²) >= 11 is 5.99. The lowest BCUT2D eigenvalue weighted by atomic mass is 10.2. The van der Waals surface area contributed by atoms with Crippen LogP contribution in [0.25, 0.3) is 6.08 Å². The Balaban J connectivity index is 1.62. The Kier molecular flexibility index (Phi) is 8.40. The SMILES string of the molecule is CCn1c(=O)[nH]/c(=N\c2ccc(Oc3cccc(/C=C/C(=O)OC)c3)cc2)n(Cc2ccc(Cl)cc2)c1=O. The maximum Gasteiger partial charge on any atom is 0.335 e. The van der Waals surface area contributed by atoms with Gasteiger partial charge in [-0.05, 0) is 72.7 Å². The average molecular weight is 533 g/mol. The Morgan fingerprint density at radius 2 is 1.74 bits per heavy atom. The number of hydrogen-bond acceptors (Lipinski definition) is 6. The molecular weight excluding hydrogens is 508 g/mol. The fraction of sp³-hybridized carbons (Fsp3) is 0.143. The highest BCUT2D eigenvalue weighted by Gasteiger charge is 2.09. The molecule has 0 aliphatic carbocycles. The van der Waals surface area contributed by atoms with Crippen LogP contribution in [0.1, 0.15) is 18.1 Å². The summed E-state index contributed by atoms with van der Waals surface area (Å²) in [4.78, 5) is 44.1. The Hall–Kier alpha value is -4.63. The number of esters is 1. The molecule has 4 rings (SSSR count). The fourth-order valence-corrected chi connectivity index (χ4v) is 3.72. The third-order valence-electron chi connectivity index (χ3n) is 5.53. The maximum atomic E-state index is 13.1. The normalized spacial score (nSPS) is 11.6. The molecule has 10 heteroatoms. The predicted octanol–water partition coefficient (Wildman–Crippen LogP) is 4.27. The van der Waals surface area contributed by atoms with Crippen LogP contribution in [0.4, 0.5) is 5.69 Å². The van der Waals surface area contributed by atoms with E-state index < -0.39 is 17.3 Å². The number of hydrogen-bond donors (Lipinski definition) is 1. The molecule has 0 bridgehead atoms. The zero-order valence-electron chi connectivity index (χ0n) is 20.8. The zero-order chi connectivity index (χ0) is 27.1.